The molecule has 2 rings (SSSR count). The monoisotopic (exact) mass is 284 g/mol. The SMILES string of the molecule is COc1cccc(NC(C(N)=O)c2c(C)cccc2C)c1. The van der Waals surface area contributed by atoms with Crippen molar-refractivity contribution in [2.45, 2.75) is 19.9 Å². The van der Waals surface area contributed by atoms with Gasteiger partial charge in [-0.2, -0.15) is 0 Å². The molecule has 1 atom stereocenters. The largest absolute Gasteiger partial charge is 0.497 e. The smallest absolute Gasteiger partial charge is 0.244 e. The zero-order chi connectivity index (χ0) is 15.4. The molecule has 2 aromatic rings. The van der Waals surface area contributed by atoms with Gasteiger partial charge in [-0.3, -0.25) is 4.79 Å². The van der Waals surface area contributed by atoms with Crippen LogP contribution < -0.4 is 15.8 Å². The van der Waals surface area contributed by atoms with Gasteiger partial charge in [-0.05, 0) is 42.7 Å². The van der Waals surface area contributed by atoms with E-state index < -0.39 is 11.9 Å². The van der Waals surface area contributed by atoms with Crippen LogP contribution in [0.3, 0.4) is 0 Å². The van der Waals surface area contributed by atoms with Crippen molar-refractivity contribution in [3.63, 3.8) is 0 Å². The number of primary amides is 1. The lowest BCUT2D eigenvalue weighted by Crippen LogP contribution is -2.29. The van der Waals surface area contributed by atoms with Gasteiger partial charge < -0.3 is 15.8 Å². The Morgan fingerprint density at radius 2 is 1.76 bits per heavy atom. The molecule has 4 heteroatoms. The van der Waals surface area contributed by atoms with Crippen LogP contribution in [0.4, 0.5) is 5.69 Å². The summed E-state index contributed by atoms with van der Waals surface area (Å²) in [4.78, 5) is 11.9. The van der Waals surface area contributed by atoms with Crippen molar-refractivity contribution in [1.29, 1.82) is 0 Å². The Kier molecular flexibility index (Phi) is 4.48. The van der Waals surface area contributed by atoms with Crippen molar-refractivity contribution in [1.82, 2.24) is 0 Å². The van der Waals surface area contributed by atoms with Gasteiger partial charge in [0.05, 0.1) is 7.11 Å². The van der Waals surface area contributed by atoms with E-state index >= 15 is 0 Å². The summed E-state index contributed by atoms with van der Waals surface area (Å²) in [6, 6.07) is 12.8. The normalized spacial score (nSPS) is 11.8. The summed E-state index contributed by atoms with van der Waals surface area (Å²) < 4.78 is 5.19. The second-order valence-corrected chi connectivity index (χ2v) is 5.02. The van der Waals surface area contributed by atoms with E-state index in [0.717, 1.165) is 28.1 Å². The minimum atomic E-state index is -0.571. The number of benzene rings is 2. The van der Waals surface area contributed by atoms with Gasteiger partial charge in [0.2, 0.25) is 5.91 Å². The summed E-state index contributed by atoms with van der Waals surface area (Å²) in [7, 11) is 1.61. The third-order valence-corrected chi connectivity index (χ3v) is 3.50. The van der Waals surface area contributed by atoms with E-state index in [2.05, 4.69) is 5.32 Å². The number of methoxy groups -OCH3 is 1. The summed E-state index contributed by atoms with van der Waals surface area (Å²) in [6.45, 7) is 3.96. The zero-order valence-electron chi connectivity index (χ0n) is 12.5. The van der Waals surface area contributed by atoms with Crippen LogP contribution in [0.5, 0.6) is 5.75 Å². The molecule has 0 saturated heterocycles. The molecule has 0 aromatic heterocycles. The van der Waals surface area contributed by atoms with E-state index in [1.807, 2.05) is 56.3 Å². The number of nitrogens with two attached hydrogens (primary N) is 1. The molecule has 2 aromatic carbocycles. The number of carbonyl (C=O) groups is 1. The van der Waals surface area contributed by atoms with Gasteiger partial charge in [0, 0.05) is 11.8 Å². The van der Waals surface area contributed by atoms with Crippen molar-refractivity contribution < 1.29 is 9.53 Å². The molecule has 110 valence electrons. The van der Waals surface area contributed by atoms with Crippen LogP contribution >= 0.6 is 0 Å². The standard InChI is InChI=1S/C17H20N2O2/c1-11-6-4-7-12(2)15(11)16(17(18)20)19-13-8-5-9-14(10-13)21-3/h4-10,16,19H,1-3H3,(H2,18,20). The highest BCUT2D eigenvalue weighted by Crippen LogP contribution is 2.27. The molecule has 0 aliphatic carbocycles. The van der Waals surface area contributed by atoms with Gasteiger partial charge in [0.1, 0.15) is 11.8 Å². The van der Waals surface area contributed by atoms with E-state index in [0.29, 0.717) is 0 Å². The molecule has 0 radical (unpaired) electrons. The van der Waals surface area contributed by atoms with Crippen molar-refractivity contribution in [3.8, 4) is 5.75 Å². The minimum Gasteiger partial charge on any atom is -0.497 e. The highest BCUT2D eigenvalue weighted by Gasteiger charge is 2.21. The van der Waals surface area contributed by atoms with Crippen LogP contribution in [-0.2, 0) is 4.79 Å². The number of anilines is 1. The first-order valence-corrected chi connectivity index (χ1v) is 6.79. The lowest BCUT2D eigenvalue weighted by atomic mass is 9.95. The van der Waals surface area contributed by atoms with Gasteiger partial charge in [-0.15, -0.1) is 0 Å². The number of aryl methyl sites for hydroxylation is 2. The maximum atomic E-state index is 11.9. The molecule has 0 heterocycles. The molecular formula is C17H20N2O2. The van der Waals surface area contributed by atoms with Crippen molar-refractivity contribution in [2.75, 3.05) is 12.4 Å². The Hall–Kier alpha value is -2.49. The van der Waals surface area contributed by atoms with Crippen LogP contribution in [0, 0.1) is 13.8 Å². The highest BCUT2D eigenvalue weighted by molar-refractivity contribution is 5.85. The van der Waals surface area contributed by atoms with E-state index in [1.165, 1.54) is 0 Å². The molecular weight excluding hydrogens is 264 g/mol. The summed E-state index contributed by atoms with van der Waals surface area (Å²) in [5.41, 5.74) is 9.38. The van der Waals surface area contributed by atoms with Crippen molar-refractivity contribution in [2.24, 2.45) is 5.73 Å². The van der Waals surface area contributed by atoms with E-state index in [1.54, 1.807) is 7.11 Å². The Balaban J connectivity index is 2.38. The van der Waals surface area contributed by atoms with E-state index in [-0.39, 0.29) is 0 Å². The predicted octanol–water partition coefficient (Wildman–Crippen LogP) is 2.95. The fourth-order valence-corrected chi connectivity index (χ4v) is 2.45. The number of nitrogens with one attached hydrogen (secondary N) is 1. The Bertz CT molecular complexity index is 633. The molecule has 3 N–H and O–H groups in total. The molecule has 21 heavy (non-hydrogen) atoms. The number of carbonyl (C=O) groups excluding carboxylic acids is 1. The molecule has 0 spiro atoms. The number of ether oxygens (including phenoxy) is 1. The molecule has 0 fully saturated rings. The third-order valence-electron chi connectivity index (χ3n) is 3.50. The van der Waals surface area contributed by atoms with Crippen LogP contribution in [0.2, 0.25) is 0 Å². The van der Waals surface area contributed by atoms with E-state index in [4.69, 9.17) is 10.5 Å². The number of hydrogen-bond donors (Lipinski definition) is 2. The van der Waals surface area contributed by atoms with Crippen LogP contribution in [-0.4, -0.2) is 13.0 Å². The Labute approximate surface area is 124 Å². The predicted molar refractivity (Wildman–Crippen MR) is 84.5 cm³/mol. The Morgan fingerprint density at radius 1 is 1.14 bits per heavy atom. The van der Waals surface area contributed by atoms with Gasteiger partial charge in [-0.25, -0.2) is 0 Å². The average molecular weight is 284 g/mol. The second-order valence-electron chi connectivity index (χ2n) is 5.02. The minimum absolute atomic E-state index is 0.407. The molecule has 1 unspecified atom stereocenters. The maximum absolute atomic E-state index is 11.9. The lowest BCUT2D eigenvalue weighted by Gasteiger charge is -2.21. The molecule has 4 nitrogen and oxygen atoms in total. The molecule has 1 amide bonds. The summed E-state index contributed by atoms with van der Waals surface area (Å²) in [5, 5.41) is 3.20. The number of amides is 1. The van der Waals surface area contributed by atoms with Gasteiger partial charge in [0.15, 0.2) is 0 Å². The van der Waals surface area contributed by atoms with Gasteiger partial charge in [0.25, 0.3) is 0 Å². The summed E-state index contributed by atoms with van der Waals surface area (Å²) >= 11 is 0. The van der Waals surface area contributed by atoms with Gasteiger partial charge >= 0.3 is 0 Å². The third kappa shape index (κ3) is 3.34. The first kappa shape index (κ1) is 14.9. The Morgan fingerprint density at radius 3 is 2.33 bits per heavy atom. The summed E-state index contributed by atoms with van der Waals surface area (Å²) in [5.74, 6) is 0.319. The topological polar surface area (TPSA) is 64.3 Å². The van der Waals surface area contributed by atoms with Crippen LogP contribution in [0.25, 0.3) is 0 Å². The number of rotatable bonds is 5. The van der Waals surface area contributed by atoms with Gasteiger partial charge in [-0.1, -0.05) is 24.3 Å². The first-order chi connectivity index (χ1) is 10.0. The molecule has 0 aliphatic heterocycles. The fraction of sp³-hybridized carbons (Fsp3) is 0.235. The number of hydrogen-bond acceptors (Lipinski definition) is 3. The molecule has 0 saturated carbocycles. The highest BCUT2D eigenvalue weighted by atomic mass is 16.5. The van der Waals surface area contributed by atoms with Crippen molar-refractivity contribution >= 4 is 11.6 Å². The average Bonchev–Trinajstić information content (AvgIpc) is 2.46. The quantitative estimate of drug-likeness (QED) is 0.887. The van der Waals surface area contributed by atoms with Crippen LogP contribution in [0.15, 0.2) is 42.5 Å². The maximum Gasteiger partial charge on any atom is 0.244 e. The summed E-state index contributed by atoms with van der Waals surface area (Å²) in [6.07, 6.45) is 0. The van der Waals surface area contributed by atoms with E-state index in [9.17, 15) is 4.79 Å². The lowest BCUT2D eigenvalue weighted by molar-refractivity contribution is -0.118. The zero-order valence-corrected chi connectivity index (χ0v) is 12.5. The van der Waals surface area contributed by atoms with Crippen molar-refractivity contribution in [3.05, 3.63) is 59.2 Å². The molecule has 0 aliphatic rings. The fourth-order valence-electron chi connectivity index (χ4n) is 2.45. The molecule has 0 bridgehead atoms. The first-order valence-electron chi connectivity index (χ1n) is 6.79. The van der Waals surface area contributed by atoms with Crippen LogP contribution in [0.1, 0.15) is 22.7 Å². The second kappa shape index (κ2) is 6.31.